The minimum absolute atomic E-state index is 0.00471. The monoisotopic (exact) mass is 251 g/mol. The predicted octanol–water partition coefficient (Wildman–Crippen LogP) is 2.93. The summed E-state index contributed by atoms with van der Waals surface area (Å²) < 4.78 is 22.5. The molecule has 0 saturated heterocycles. The SMILES string of the molecule is COC(=O)c1c(Cl)c([18F])cc(Cl)c1OC. The van der Waals surface area contributed by atoms with Crippen molar-refractivity contribution in [1.29, 1.82) is 0 Å². The number of rotatable bonds is 2. The predicted molar refractivity (Wildman–Crippen MR) is 54.3 cm³/mol. The molecule has 1 aromatic rings. The van der Waals surface area contributed by atoms with Gasteiger partial charge in [0.05, 0.1) is 24.3 Å². The molecule has 0 aliphatic heterocycles. The molecule has 0 saturated carbocycles. The van der Waals surface area contributed by atoms with E-state index in [1.165, 1.54) is 7.11 Å². The van der Waals surface area contributed by atoms with E-state index in [0.717, 1.165) is 13.2 Å². The van der Waals surface area contributed by atoms with Crippen LogP contribution in [0.5, 0.6) is 5.75 Å². The van der Waals surface area contributed by atoms with Crippen molar-refractivity contribution in [2.45, 2.75) is 0 Å². The maximum Gasteiger partial charge on any atom is 0.343 e. The van der Waals surface area contributed by atoms with Crippen LogP contribution in [0.4, 0.5) is 4.39 Å². The Morgan fingerprint density at radius 3 is 2.47 bits per heavy atom. The average Bonchev–Trinajstić information content (AvgIpc) is 2.21. The van der Waals surface area contributed by atoms with Gasteiger partial charge in [-0.3, -0.25) is 0 Å². The quantitative estimate of drug-likeness (QED) is 0.599. The highest BCUT2D eigenvalue weighted by Gasteiger charge is 2.23. The number of methoxy groups -OCH3 is 2. The number of halogens is 3. The minimum Gasteiger partial charge on any atom is -0.494 e. The molecule has 3 nitrogen and oxygen atoms in total. The Morgan fingerprint density at radius 1 is 1.40 bits per heavy atom. The van der Waals surface area contributed by atoms with Gasteiger partial charge in [0.25, 0.3) is 0 Å². The van der Waals surface area contributed by atoms with Gasteiger partial charge in [-0.05, 0) is 6.07 Å². The first-order chi connectivity index (χ1) is 7.02. The Labute approximate surface area is 95.7 Å². The fourth-order valence-corrected chi connectivity index (χ4v) is 1.55. The summed E-state index contributed by atoms with van der Waals surface area (Å²) in [4.78, 5) is 11.3. The van der Waals surface area contributed by atoms with Crippen LogP contribution < -0.4 is 4.74 Å². The molecule has 1 aromatic carbocycles. The van der Waals surface area contributed by atoms with Crippen LogP contribution in [0, 0.1) is 5.82 Å². The molecule has 0 aromatic heterocycles. The van der Waals surface area contributed by atoms with Crippen LogP contribution in [-0.4, -0.2) is 20.2 Å². The number of benzene rings is 1. The molecule has 0 aliphatic rings. The van der Waals surface area contributed by atoms with E-state index < -0.39 is 11.8 Å². The van der Waals surface area contributed by atoms with Crippen LogP contribution in [-0.2, 0) is 4.74 Å². The maximum atomic E-state index is 13.2. The Bertz CT molecular complexity index is 407. The van der Waals surface area contributed by atoms with Gasteiger partial charge in [0.15, 0.2) is 5.75 Å². The molecule has 0 spiro atoms. The molecule has 0 unspecified atom stereocenters. The van der Waals surface area contributed by atoms with Gasteiger partial charge in [-0.2, -0.15) is 0 Å². The molecule has 0 radical (unpaired) electrons. The third-order valence-corrected chi connectivity index (χ3v) is 2.37. The number of carbonyl (C=O) groups is 1. The smallest absolute Gasteiger partial charge is 0.343 e. The van der Waals surface area contributed by atoms with Crippen molar-refractivity contribution in [1.82, 2.24) is 0 Å². The third kappa shape index (κ3) is 2.16. The van der Waals surface area contributed by atoms with Gasteiger partial charge in [-0.25, -0.2) is 9.18 Å². The lowest BCUT2D eigenvalue weighted by molar-refractivity contribution is 0.0596. The van der Waals surface area contributed by atoms with Crippen molar-refractivity contribution in [2.75, 3.05) is 14.2 Å². The minimum atomic E-state index is -0.807. The van der Waals surface area contributed by atoms with Crippen LogP contribution in [0.3, 0.4) is 0 Å². The molecule has 15 heavy (non-hydrogen) atoms. The summed E-state index contributed by atoms with van der Waals surface area (Å²) in [7, 11) is 2.44. The summed E-state index contributed by atoms with van der Waals surface area (Å²) in [6.07, 6.45) is 0. The number of hydrogen-bond acceptors (Lipinski definition) is 3. The molecule has 0 bridgehead atoms. The number of carbonyl (C=O) groups excluding carboxylic acids is 1. The Balaban J connectivity index is 3.50. The highest BCUT2D eigenvalue weighted by atomic mass is 35.5. The summed E-state index contributed by atoms with van der Waals surface area (Å²) in [5.41, 5.74) is -0.216. The van der Waals surface area contributed by atoms with Gasteiger partial charge in [0, 0.05) is 0 Å². The van der Waals surface area contributed by atoms with E-state index in [0.29, 0.717) is 0 Å². The molecule has 0 aliphatic carbocycles. The fourth-order valence-electron chi connectivity index (χ4n) is 1.06. The lowest BCUT2D eigenvalue weighted by Gasteiger charge is -2.10. The third-order valence-electron chi connectivity index (χ3n) is 1.72. The van der Waals surface area contributed by atoms with E-state index in [2.05, 4.69) is 4.74 Å². The largest absolute Gasteiger partial charge is 0.494 e. The number of hydrogen-bond donors (Lipinski definition) is 0. The van der Waals surface area contributed by atoms with Gasteiger partial charge in [0.1, 0.15) is 11.4 Å². The molecule has 0 N–H and O–H groups in total. The first-order valence-corrected chi connectivity index (χ1v) is 4.58. The average molecular weight is 252 g/mol. The van der Waals surface area contributed by atoms with Gasteiger partial charge < -0.3 is 9.47 Å². The van der Waals surface area contributed by atoms with Gasteiger partial charge in [0.2, 0.25) is 0 Å². The molecular formula is C9H7Cl2FO3. The second kappa shape index (κ2) is 4.68. The van der Waals surface area contributed by atoms with E-state index in [9.17, 15) is 9.18 Å². The van der Waals surface area contributed by atoms with E-state index in [1.54, 1.807) is 0 Å². The zero-order valence-corrected chi connectivity index (χ0v) is 9.45. The lowest BCUT2D eigenvalue weighted by atomic mass is 10.2. The number of esters is 1. The molecule has 0 heterocycles. The summed E-state index contributed by atoms with van der Waals surface area (Å²) >= 11 is 11.3. The van der Waals surface area contributed by atoms with E-state index >= 15 is 0 Å². The molecule has 1 rings (SSSR count). The van der Waals surface area contributed by atoms with Crippen molar-refractivity contribution in [3.05, 3.63) is 27.5 Å². The standard InChI is InChI=1S/C9H7Cl2FO3/c1-14-8-4(10)3-5(12)7(11)6(8)9(13)15-2/h3H,1-2H3/i12-1. The highest BCUT2D eigenvalue weighted by Crippen LogP contribution is 2.36. The first-order valence-electron chi connectivity index (χ1n) is 3.82. The summed E-state index contributed by atoms with van der Waals surface area (Å²) in [6, 6.07) is 0.967. The van der Waals surface area contributed by atoms with Crippen LogP contribution in [0.1, 0.15) is 10.4 Å². The van der Waals surface area contributed by atoms with Crippen LogP contribution in [0.25, 0.3) is 0 Å². The first kappa shape index (κ1) is 12.1. The normalized spacial score (nSPS) is 9.93. The van der Waals surface area contributed by atoms with Crippen molar-refractivity contribution >= 4 is 29.2 Å². The van der Waals surface area contributed by atoms with E-state index in [4.69, 9.17) is 27.9 Å². The van der Waals surface area contributed by atoms with Crippen molar-refractivity contribution < 1.29 is 18.7 Å². The number of ether oxygens (including phenoxy) is 2. The molecule has 0 fully saturated rings. The molecular weight excluding hydrogens is 245 g/mol. The van der Waals surface area contributed by atoms with Crippen LogP contribution in [0.2, 0.25) is 10.0 Å². The fraction of sp³-hybridized carbons (Fsp3) is 0.222. The zero-order valence-electron chi connectivity index (χ0n) is 7.94. The summed E-state index contributed by atoms with van der Waals surface area (Å²) in [6.45, 7) is 0. The Kier molecular flexibility index (Phi) is 3.77. The van der Waals surface area contributed by atoms with Gasteiger partial charge in [-0.1, -0.05) is 23.2 Å². The van der Waals surface area contributed by atoms with E-state index in [-0.39, 0.29) is 21.4 Å². The topological polar surface area (TPSA) is 35.5 Å². The Hall–Kier alpha value is -1.00. The molecule has 6 heteroatoms. The van der Waals surface area contributed by atoms with Gasteiger partial charge >= 0.3 is 5.97 Å². The van der Waals surface area contributed by atoms with Gasteiger partial charge in [-0.15, -0.1) is 0 Å². The van der Waals surface area contributed by atoms with Crippen LogP contribution >= 0.6 is 23.2 Å². The lowest BCUT2D eigenvalue weighted by Crippen LogP contribution is -2.06. The van der Waals surface area contributed by atoms with Crippen molar-refractivity contribution in [2.24, 2.45) is 0 Å². The maximum absolute atomic E-state index is 13.2. The second-order valence-corrected chi connectivity index (χ2v) is 3.34. The van der Waals surface area contributed by atoms with Crippen molar-refractivity contribution in [3.63, 3.8) is 0 Å². The summed E-state index contributed by atoms with van der Waals surface area (Å²) in [5.74, 6) is -1.61. The van der Waals surface area contributed by atoms with Crippen molar-refractivity contribution in [3.8, 4) is 5.75 Å². The molecule has 0 atom stereocenters. The Morgan fingerprint density at radius 2 is 2.00 bits per heavy atom. The zero-order chi connectivity index (χ0) is 11.6. The van der Waals surface area contributed by atoms with Crippen LogP contribution in [0.15, 0.2) is 6.07 Å². The second-order valence-electron chi connectivity index (χ2n) is 2.55. The van der Waals surface area contributed by atoms with E-state index in [1.807, 2.05) is 0 Å². The molecule has 0 amide bonds. The summed E-state index contributed by atoms with van der Waals surface area (Å²) in [5, 5.41) is -0.414. The highest BCUT2D eigenvalue weighted by molar-refractivity contribution is 6.37. The molecule has 82 valence electrons.